The van der Waals surface area contributed by atoms with Gasteiger partial charge in [-0.3, -0.25) is 4.79 Å². The summed E-state index contributed by atoms with van der Waals surface area (Å²) < 4.78 is 61.7. The van der Waals surface area contributed by atoms with Crippen molar-refractivity contribution in [3.8, 4) is 5.75 Å². The maximum absolute atomic E-state index is 12.9. The van der Waals surface area contributed by atoms with E-state index in [-0.39, 0.29) is 34.9 Å². The lowest BCUT2D eigenvalue weighted by Gasteiger charge is -2.26. The minimum Gasteiger partial charge on any atom is -0.433 e. The highest BCUT2D eigenvalue weighted by Gasteiger charge is 2.27. The number of para-hydroxylation sites is 2. The number of hydrogen-bond acceptors (Lipinski definition) is 8. The molecule has 176 valence electrons. The fraction of sp³-hybridized carbons (Fsp3) is 0.316. The number of morpholine rings is 1. The molecule has 0 spiro atoms. The molecule has 0 aliphatic carbocycles. The van der Waals surface area contributed by atoms with Crippen molar-refractivity contribution in [2.75, 3.05) is 38.2 Å². The molecule has 1 amide bonds. The van der Waals surface area contributed by atoms with Gasteiger partial charge in [-0.25, -0.2) is 8.42 Å². The summed E-state index contributed by atoms with van der Waals surface area (Å²) in [4.78, 5) is 18.5. The van der Waals surface area contributed by atoms with E-state index in [9.17, 15) is 22.0 Å². The molecule has 0 saturated carbocycles. The van der Waals surface area contributed by atoms with Crippen LogP contribution in [0.2, 0.25) is 0 Å². The average molecular weight is 483 g/mol. The maximum atomic E-state index is 12.9. The van der Waals surface area contributed by atoms with Gasteiger partial charge in [0.25, 0.3) is 5.91 Å². The number of carbonyl (C=O) groups excluding carboxylic acids is 1. The summed E-state index contributed by atoms with van der Waals surface area (Å²) in [7, 11) is -3.76. The largest absolute Gasteiger partial charge is 0.433 e. The number of rotatable bonds is 8. The fourth-order valence-corrected chi connectivity index (χ4v) is 4.57. The van der Waals surface area contributed by atoms with Crippen molar-refractivity contribution in [1.82, 2.24) is 19.5 Å². The first kappa shape index (κ1) is 22.8. The van der Waals surface area contributed by atoms with Crippen molar-refractivity contribution < 1.29 is 36.3 Å². The van der Waals surface area contributed by atoms with Crippen LogP contribution >= 0.6 is 0 Å². The number of benzene rings is 2. The smallest absolute Gasteiger partial charge is 0.387 e. The summed E-state index contributed by atoms with van der Waals surface area (Å²) in [6.45, 7) is -2.50. The van der Waals surface area contributed by atoms with Crippen molar-refractivity contribution in [3.05, 3.63) is 42.5 Å². The molecule has 1 fully saturated rings. The van der Waals surface area contributed by atoms with E-state index in [1.54, 1.807) is 0 Å². The fourth-order valence-electron chi connectivity index (χ4n) is 3.14. The SMILES string of the molecule is O=C(COn1nnc2ccc(S(=O)(=O)N3CCOCC3)cc21)Nc1ccccc1OC(F)F. The molecule has 1 aromatic heterocycles. The Morgan fingerprint density at radius 1 is 1.18 bits per heavy atom. The highest BCUT2D eigenvalue weighted by molar-refractivity contribution is 7.89. The van der Waals surface area contributed by atoms with Gasteiger partial charge in [0.2, 0.25) is 10.0 Å². The Labute approximate surface area is 186 Å². The lowest BCUT2D eigenvalue weighted by molar-refractivity contribution is -0.121. The van der Waals surface area contributed by atoms with Crippen LogP contribution in [0.1, 0.15) is 0 Å². The number of ether oxygens (including phenoxy) is 2. The monoisotopic (exact) mass is 483 g/mol. The second-order valence-electron chi connectivity index (χ2n) is 6.83. The summed E-state index contributed by atoms with van der Waals surface area (Å²) in [6.07, 6.45) is 0. The number of nitrogens with one attached hydrogen (secondary N) is 1. The summed E-state index contributed by atoms with van der Waals surface area (Å²) in [6, 6.07) is 9.94. The Morgan fingerprint density at radius 2 is 1.94 bits per heavy atom. The topological polar surface area (TPSA) is 125 Å². The molecule has 3 aromatic rings. The van der Waals surface area contributed by atoms with E-state index < -0.39 is 29.1 Å². The third kappa shape index (κ3) is 5.18. The van der Waals surface area contributed by atoms with E-state index in [1.807, 2.05) is 0 Å². The Balaban J connectivity index is 1.47. The number of sulfonamides is 1. The third-order valence-electron chi connectivity index (χ3n) is 4.69. The lowest BCUT2D eigenvalue weighted by atomic mass is 10.3. The van der Waals surface area contributed by atoms with Gasteiger partial charge in [0.05, 0.1) is 23.8 Å². The van der Waals surface area contributed by atoms with Gasteiger partial charge in [0, 0.05) is 13.1 Å². The van der Waals surface area contributed by atoms with E-state index in [0.717, 1.165) is 4.85 Å². The van der Waals surface area contributed by atoms with Crippen molar-refractivity contribution in [2.24, 2.45) is 0 Å². The molecule has 0 bridgehead atoms. The Kier molecular flexibility index (Phi) is 6.67. The van der Waals surface area contributed by atoms with Gasteiger partial charge in [-0.2, -0.15) is 13.1 Å². The van der Waals surface area contributed by atoms with Gasteiger partial charge in [-0.05, 0) is 35.5 Å². The van der Waals surface area contributed by atoms with Crippen LogP contribution in [0.5, 0.6) is 5.75 Å². The summed E-state index contributed by atoms with van der Waals surface area (Å²) in [5.41, 5.74) is 0.624. The normalized spacial score (nSPS) is 15.0. The van der Waals surface area contributed by atoms with E-state index in [4.69, 9.17) is 9.57 Å². The highest BCUT2D eigenvalue weighted by Crippen LogP contribution is 2.25. The van der Waals surface area contributed by atoms with E-state index in [1.165, 1.54) is 46.8 Å². The van der Waals surface area contributed by atoms with Gasteiger partial charge in [0.15, 0.2) is 6.61 Å². The molecule has 0 atom stereocenters. The second-order valence-corrected chi connectivity index (χ2v) is 8.76. The number of carbonyl (C=O) groups is 1. The van der Waals surface area contributed by atoms with Crippen LogP contribution in [0.15, 0.2) is 47.4 Å². The number of hydrogen-bond donors (Lipinski definition) is 1. The van der Waals surface area contributed by atoms with Crippen LogP contribution < -0.4 is 14.9 Å². The molecule has 1 saturated heterocycles. The zero-order chi connectivity index (χ0) is 23.4. The quantitative estimate of drug-likeness (QED) is 0.506. The highest BCUT2D eigenvalue weighted by atomic mass is 32.2. The first-order valence-electron chi connectivity index (χ1n) is 9.75. The molecule has 0 unspecified atom stereocenters. The Morgan fingerprint density at radius 3 is 2.70 bits per heavy atom. The molecule has 11 nitrogen and oxygen atoms in total. The molecule has 0 radical (unpaired) electrons. The van der Waals surface area contributed by atoms with Crippen LogP contribution in [0.4, 0.5) is 14.5 Å². The summed E-state index contributed by atoms with van der Waals surface area (Å²) in [5, 5.41) is 10.1. The predicted molar refractivity (Wildman–Crippen MR) is 110 cm³/mol. The van der Waals surface area contributed by atoms with E-state index in [0.29, 0.717) is 18.7 Å². The molecule has 33 heavy (non-hydrogen) atoms. The first-order chi connectivity index (χ1) is 15.8. The number of amides is 1. The Hall–Kier alpha value is -3.36. The van der Waals surface area contributed by atoms with Crippen LogP contribution in [0.25, 0.3) is 11.0 Å². The molecule has 1 N–H and O–H groups in total. The number of fused-ring (bicyclic) bond motifs is 1. The second kappa shape index (κ2) is 9.64. The van der Waals surface area contributed by atoms with Crippen LogP contribution in [0.3, 0.4) is 0 Å². The average Bonchev–Trinajstić information content (AvgIpc) is 3.21. The number of aromatic nitrogens is 3. The van der Waals surface area contributed by atoms with Crippen LogP contribution in [-0.4, -0.2) is 73.3 Å². The van der Waals surface area contributed by atoms with E-state index in [2.05, 4.69) is 20.4 Å². The van der Waals surface area contributed by atoms with Gasteiger partial charge in [0.1, 0.15) is 16.8 Å². The van der Waals surface area contributed by atoms with Gasteiger partial charge < -0.3 is 19.6 Å². The molecule has 2 aromatic carbocycles. The molecule has 14 heteroatoms. The van der Waals surface area contributed by atoms with Crippen LogP contribution in [-0.2, 0) is 19.6 Å². The van der Waals surface area contributed by atoms with Crippen molar-refractivity contribution in [3.63, 3.8) is 0 Å². The van der Waals surface area contributed by atoms with E-state index >= 15 is 0 Å². The zero-order valence-corrected chi connectivity index (χ0v) is 17.9. The minimum absolute atomic E-state index is 0.0200. The first-order valence-corrected chi connectivity index (χ1v) is 11.2. The van der Waals surface area contributed by atoms with Crippen molar-refractivity contribution >= 4 is 32.7 Å². The maximum Gasteiger partial charge on any atom is 0.387 e. The summed E-state index contributed by atoms with van der Waals surface area (Å²) in [5.74, 6) is -0.883. The number of alkyl halides is 2. The number of halogens is 2. The van der Waals surface area contributed by atoms with Crippen molar-refractivity contribution in [2.45, 2.75) is 11.5 Å². The molecule has 1 aliphatic rings. The predicted octanol–water partition coefficient (Wildman–Crippen LogP) is 1.12. The minimum atomic E-state index is -3.76. The third-order valence-corrected chi connectivity index (χ3v) is 6.58. The van der Waals surface area contributed by atoms with Crippen LogP contribution in [0, 0.1) is 0 Å². The molecule has 4 rings (SSSR count). The lowest BCUT2D eigenvalue weighted by Crippen LogP contribution is -2.40. The standard InChI is InChI=1S/C19H19F2N5O6S/c20-19(21)32-17-4-2-1-3-15(17)22-18(27)12-31-26-16-11-13(5-6-14(16)23-24-26)33(28,29)25-7-9-30-10-8-25/h1-6,11,19H,7-10,12H2,(H,22,27). The van der Waals surface area contributed by atoms with Crippen molar-refractivity contribution in [1.29, 1.82) is 0 Å². The molecular weight excluding hydrogens is 464 g/mol. The molecular formula is C19H19F2N5O6S. The van der Waals surface area contributed by atoms with Gasteiger partial charge in [-0.15, -0.1) is 5.10 Å². The zero-order valence-electron chi connectivity index (χ0n) is 17.1. The Bertz CT molecular complexity index is 1250. The van der Waals surface area contributed by atoms with Gasteiger partial charge >= 0.3 is 6.61 Å². The number of anilines is 1. The molecule has 2 heterocycles. The molecule has 1 aliphatic heterocycles. The number of nitrogens with zero attached hydrogens (tertiary/aromatic N) is 4. The van der Waals surface area contributed by atoms with Gasteiger partial charge in [-0.1, -0.05) is 17.0 Å². The summed E-state index contributed by atoms with van der Waals surface area (Å²) >= 11 is 0.